The van der Waals surface area contributed by atoms with Gasteiger partial charge in [-0.05, 0) is 26.7 Å². The number of hydrogen-bond acceptors (Lipinski definition) is 2. The molecule has 0 aliphatic rings. The van der Waals surface area contributed by atoms with Crippen molar-refractivity contribution >= 4 is 0 Å². The summed E-state index contributed by atoms with van der Waals surface area (Å²) < 4.78 is 0. The molecule has 2 heteroatoms. The minimum atomic E-state index is -0.267. The number of aliphatic hydroxyl groups is 1. The van der Waals surface area contributed by atoms with Crippen molar-refractivity contribution in [1.82, 2.24) is 5.32 Å². The van der Waals surface area contributed by atoms with Gasteiger partial charge in [-0.1, -0.05) is 26.7 Å². The molecule has 3 atom stereocenters. The zero-order chi connectivity index (χ0) is 10.4. The first-order chi connectivity index (χ1) is 6.02. The fourth-order valence-corrected chi connectivity index (χ4v) is 1.69. The predicted octanol–water partition coefficient (Wildman–Crippen LogP) is 2.17. The standard InChI is InChI=1S/C11H25NO/c1-6-11(7-2)9(4)12-8(3)10(5)13/h8-13H,6-7H2,1-5H3. The van der Waals surface area contributed by atoms with E-state index in [1.54, 1.807) is 0 Å². The van der Waals surface area contributed by atoms with Gasteiger partial charge in [0.25, 0.3) is 0 Å². The van der Waals surface area contributed by atoms with E-state index in [0.29, 0.717) is 6.04 Å². The Kier molecular flexibility index (Phi) is 6.35. The van der Waals surface area contributed by atoms with E-state index in [1.807, 2.05) is 13.8 Å². The molecule has 0 heterocycles. The Morgan fingerprint density at radius 3 is 1.77 bits per heavy atom. The summed E-state index contributed by atoms with van der Waals surface area (Å²) in [6.45, 7) is 10.5. The third kappa shape index (κ3) is 4.63. The molecule has 3 unspecified atom stereocenters. The quantitative estimate of drug-likeness (QED) is 0.668. The van der Waals surface area contributed by atoms with Crippen LogP contribution in [0, 0.1) is 5.92 Å². The molecule has 0 saturated carbocycles. The average molecular weight is 187 g/mol. The van der Waals surface area contributed by atoms with E-state index in [9.17, 15) is 5.11 Å². The maximum Gasteiger partial charge on any atom is 0.0662 e. The van der Waals surface area contributed by atoms with Gasteiger partial charge in [0.05, 0.1) is 6.10 Å². The highest BCUT2D eigenvalue weighted by Crippen LogP contribution is 2.13. The van der Waals surface area contributed by atoms with Gasteiger partial charge >= 0.3 is 0 Å². The number of hydrogen-bond donors (Lipinski definition) is 2. The van der Waals surface area contributed by atoms with Crippen LogP contribution in [0.25, 0.3) is 0 Å². The van der Waals surface area contributed by atoms with Crippen LogP contribution in [0.4, 0.5) is 0 Å². The van der Waals surface area contributed by atoms with Gasteiger partial charge in [-0.15, -0.1) is 0 Å². The highest BCUT2D eigenvalue weighted by molar-refractivity contribution is 4.76. The van der Waals surface area contributed by atoms with Gasteiger partial charge in [-0.2, -0.15) is 0 Å². The lowest BCUT2D eigenvalue weighted by Gasteiger charge is -2.27. The summed E-state index contributed by atoms with van der Waals surface area (Å²) in [4.78, 5) is 0. The molecule has 0 bridgehead atoms. The molecule has 0 aromatic heterocycles. The first-order valence-electron chi connectivity index (χ1n) is 5.46. The van der Waals surface area contributed by atoms with Gasteiger partial charge in [-0.25, -0.2) is 0 Å². The molecular formula is C11H25NO. The summed E-state index contributed by atoms with van der Waals surface area (Å²) in [6, 6.07) is 0.690. The predicted molar refractivity (Wildman–Crippen MR) is 57.8 cm³/mol. The second kappa shape index (κ2) is 6.39. The van der Waals surface area contributed by atoms with Crippen LogP contribution in [0.15, 0.2) is 0 Å². The first-order valence-corrected chi connectivity index (χ1v) is 5.46. The van der Waals surface area contributed by atoms with E-state index in [-0.39, 0.29) is 12.1 Å². The molecule has 80 valence electrons. The van der Waals surface area contributed by atoms with Crippen LogP contribution < -0.4 is 5.32 Å². The molecule has 0 aromatic rings. The van der Waals surface area contributed by atoms with Crippen LogP contribution in [0.5, 0.6) is 0 Å². The van der Waals surface area contributed by atoms with E-state index in [2.05, 4.69) is 26.1 Å². The van der Waals surface area contributed by atoms with Crippen molar-refractivity contribution in [2.75, 3.05) is 0 Å². The van der Waals surface area contributed by atoms with Crippen LogP contribution in [0.2, 0.25) is 0 Å². The van der Waals surface area contributed by atoms with Crippen molar-refractivity contribution in [1.29, 1.82) is 0 Å². The summed E-state index contributed by atoms with van der Waals surface area (Å²) >= 11 is 0. The third-order valence-corrected chi connectivity index (χ3v) is 3.01. The average Bonchev–Trinajstić information content (AvgIpc) is 2.06. The zero-order valence-electron chi connectivity index (χ0n) is 9.67. The van der Waals surface area contributed by atoms with Gasteiger partial charge in [0.2, 0.25) is 0 Å². The summed E-state index contributed by atoms with van der Waals surface area (Å²) in [7, 11) is 0. The Labute approximate surface area is 82.7 Å². The fourth-order valence-electron chi connectivity index (χ4n) is 1.69. The Morgan fingerprint density at radius 2 is 1.46 bits per heavy atom. The van der Waals surface area contributed by atoms with Gasteiger partial charge < -0.3 is 10.4 Å². The molecule has 0 rings (SSSR count). The van der Waals surface area contributed by atoms with E-state index in [1.165, 1.54) is 12.8 Å². The number of rotatable bonds is 6. The Hall–Kier alpha value is -0.0800. The topological polar surface area (TPSA) is 32.3 Å². The van der Waals surface area contributed by atoms with Crippen molar-refractivity contribution in [3.05, 3.63) is 0 Å². The van der Waals surface area contributed by atoms with Crippen LogP contribution >= 0.6 is 0 Å². The van der Waals surface area contributed by atoms with Gasteiger partial charge in [0.15, 0.2) is 0 Å². The van der Waals surface area contributed by atoms with Gasteiger partial charge in [0, 0.05) is 12.1 Å². The van der Waals surface area contributed by atoms with Crippen LogP contribution in [-0.4, -0.2) is 23.3 Å². The second-order valence-electron chi connectivity index (χ2n) is 4.06. The number of aliphatic hydroxyl groups excluding tert-OH is 1. The monoisotopic (exact) mass is 187 g/mol. The zero-order valence-corrected chi connectivity index (χ0v) is 9.67. The Bertz CT molecular complexity index is 121. The molecule has 0 radical (unpaired) electrons. The fraction of sp³-hybridized carbons (Fsp3) is 1.00. The summed E-state index contributed by atoms with van der Waals surface area (Å²) in [5.74, 6) is 0.723. The summed E-state index contributed by atoms with van der Waals surface area (Å²) in [5.41, 5.74) is 0. The molecule has 0 aliphatic carbocycles. The lowest BCUT2D eigenvalue weighted by atomic mass is 9.94. The summed E-state index contributed by atoms with van der Waals surface area (Å²) in [6.07, 6.45) is 2.14. The molecule has 2 N–H and O–H groups in total. The van der Waals surface area contributed by atoms with E-state index in [4.69, 9.17) is 0 Å². The Morgan fingerprint density at radius 1 is 1.00 bits per heavy atom. The van der Waals surface area contributed by atoms with Crippen molar-refractivity contribution in [3.63, 3.8) is 0 Å². The highest BCUT2D eigenvalue weighted by Gasteiger charge is 2.17. The molecule has 0 spiro atoms. The first kappa shape index (κ1) is 12.9. The van der Waals surface area contributed by atoms with Gasteiger partial charge in [0.1, 0.15) is 0 Å². The van der Waals surface area contributed by atoms with Gasteiger partial charge in [-0.3, -0.25) is 0 Å². The molecule has 0 aromatic carbocycles. The lowest BCUT2D eigenvalue weighted by Crippen LogP contribution is -2.44. The molecular weight excluding hydrogens is 162 g/mol. The molecule has 13 heavy (non-hydrogen) atoms. The van der Waals surface area contributed by atoms with Crippen LogP contribution in [-0.2, 0) is 0 Å². The van der Waals surface area contributed by atoms with E-state index >= 15 is 0 Å². The van der Waals surface area contributed by atoms with Crippen molar-refractivity contribution in [2.24, 2.45) is 5.92 Å². The molecule has 0 fully saturated rings. The second-order valence-corrected chi connectivity index (χ2v) is 4.06. The Balaban J connectivity index is 3.89. The van der Waals surface area contributed by atoms with Crippen LogP contribution in [0.1, 0.15) is 47.5 Å². The highest BCUT2D eigenvalue weighted by atomic mass is 16.3. The summed E-state index contributed by atoms with van der Waals surface area (Å²) in [5, 5.41) is 12.8. The minimum Gasteiger partial charge on any atom is -0.392 e. The smallest absolute Gasteiger partial charge is 0.0662 e. The molecule has 2 nitrogen and oxygen atoms in total. The van der Waals surface area contributed by atoms with Crippen molar-refractivity contribution in [3.8, 4) is 0 Å². The molecule has 0 amide bonds. The maximum atomic E-state index is 9.33. The normalized spacial score (nSPS) is 18.7. The molecule has 0 saturated heterocycles. The number of nitrogens with one attached hydrogen (secondary N) is 1. The molecule has 0 aliphatic heterocycles. The SMILES string of the molecule is CCC(CC)C(C)NC(C)C(C)O. The van der Waals surface area contributed by atoms with Crippen molar-refractivity contribution < 1.29 is 5.11 Å². The lowest BCUT2D eigenvalue weighted by molar-refractivity contribution is 0.139. The van der Waals surface area contributed by atoms with Crippen molar-refractivity contribution in [2.45, 2.75) is 65.6 Å². The van der Waals surface area contributed by atoms with Crippen LogP contribution in [0.3, 0.4) is 0 Å². The third-order valence-electron chi connectivity index (χ3n) is 3.01. The maximum absolute atomic E-state index is 9.33. The van der Waals surface area contributed by atoms with E-state index in [0.717, 1.165) is 5.92 Å². The largest absolute Gasteiger partial charge is 0.392 e. The minimum absolute atomic E-state index is 0.190. The van der Waals surface area contributed by atoms with E-state index < -0.39 is 0 Å².